The van der Waals surface area contributed by atoms with Crippen LogP contribution >= 0.6 is 11.3 Å². The SMILES string of the molecule is CCCCC1CCCCC1CC(=O)c1csc(C2CCN(C(=O)OC(C)(C)C)CC2)c1. The summed E-state index contributed by atoms with van der Waals surface area (Å²) in [5.74, 6) is 2.10. The maximum absolute atomic E-state index is 13.0. The molecule has 0 aromatic carbocycles. The van der Waals surface area contributed by atoms with Crippen molar-refractivity contribution in [1.29, 1.82) is 0 Å². The molecule has 1 aliphatic carbocycles. The fourth-order valence-corrected chi connectivity index (χ4v) is 6.23. The molecule has 2 atom stereocenters. The van der Waals surface area contributed by atoms with Crippen LogP contribution in [0.5, 0.6) is 0 Å². The molecule has 174 valence electrons. The van der Waals surface area contributed by atoms with Crippen LogP contribution in [0, 0.1) is 11.8 Å². The van der Waals surface area contributed by atoms with Gasteiger partial charge in [0.15, 0.2) is 5.78 Å². The van der Waals surface area contributed by atoms with Gasteiger partial charge >= 0.3 is 6.09 Å². The van der Waals surface area contributed by atoms with Gasteiger partial charge in [0.05, 0.1) is 0 Å². The van der Waals surface area contributed by atoms with Gasteiger partial charge in [-0.3, -0.25) is 4.79 Å². The number of amides is 1. The standard InChI is InChI=1S/C26H41NO3S/c1-5-6-9-19-10-7-8-11-21(19)16-23(28)22-17-24(31-18-22)20-12-14-27(15-13-20)25(29)30-26(2,3)4/h17-21H,5-16H2,1-4H3. The van der Waals surface area contributed by atoms with Crippen molar-refractivity contribution in [3.63, 3.8) is 0 Å². The zero-order valence-electron chi connectivity index (χ0n) is 20.0. The van der Waals surface area contributed by atoms with Gasteiger partial charge in [-0.05, 0) is 63.9 Å². The van der Waals surface area contributed by atoms with Gasteiger partial charge in [-0.25, -0.2) is 4.79 Å². The number of thiophene rings is 1. The highest BCUT2D eigenvalue weighted by molar-refractivity contribution is 7.10. The summed E-state index contributed by atoms with van der Waals surface area (Å²) >= 11 is 1.73. The Balaban J connectivity index is 1.52. The highest BCUT2D eigenvalue weighted by Crippen LogP contribution is 2.38. The molecule has 1 aliphatic heterocycles. The van der Waals surface area contributed by atoms with E-state index in [2.05, 4.69) is 18.4 Å². The maximum atomic E-state index is 13.0. The Morgan fingerprint density at radius 2 is 1.77 bits per heavy atom. The fraction of sp³-hybridized carbons (Fsp3) is 0.769. The third kappa shape index (κ3) is 7.06. The zero-order valence-corrected chi connectivity index (χ0v) is 20.8. The van der Waals surface area contributed by atoms with E-state index in [1.54, 1.807) is 11.3 Å². The topological polar surface area (TPSA) is 46.6 Å². The quantitative estimate of drug-likeness (QED) is 0.408. The molecular weight excluding hydrogens is 406 g/mol. The number of hydrogen-bond acceptors (Lipinski definition) is 4. The molecule has 0 bridgehead atoms. The molecule has 2 heterocycles. The number of Topliss-reactive ketones (excluding diaryl/α,β-unsaturated/α-hetero) is 1. The Bertz CT molecular complexity index is 727. The van der Waals surface area contributed by atoms with Crippen LogP contribution in [0.2, 0.25) is 0 Å². The van der Waals surface area contributed by atoms with Crippen molar-refractivity contribution in [1.82, 2.24) is 4.90 Å². The molecule has 2 aliphatic rings. The van der Waals surface area contributed by atoms with Crippen molar-refractivity contribution in [3.8, 4) is 0 Å². The third-order valence-electron chi connectivity index (χ3n) is 6.93. The Hall–Kier alpha value is -1.36. The molecule has 4 nitrogen and oxygen atoms in total. The Morgan fingerprint density at radius 1 is 1.10 bits per heavy atom. The van der Waals surface area contributed by atoms with Crippen molar-refractivity contribution >= 4 is 23.2 Å². The average molecular weight is 448 g/mol. The van der Waals surface area contributed by atoms with Gasteiger partial charge in [0.25, 0.3) is 0 Å². The Kier molecular flexibility index (Phi) is 8.60. The molecule has 1 aromatic rings. The first-order valence-electron chi connectivity index (χ1n) is 12.4. The first kappa shape index (κ1) is 24.3. The molecule has 1 amide bonds. The highest BCUT2D eigenvalue weighted by atomic mass is 32.1. The van der Waals surface area contributed by atoms with Crippen LogP contribution in [-0.4, -0.2) is 35.5 Å². The summed E-state index contributed by atoms with van der Waals surface area (Å²) in [6.07, 6.45) is 11.4. The van der Waals surface area contributed by atoms with Gasteiger partial charge in [-0.1, -0.05) is 45.4 Å². The number of hydrogen-bond donors (Lipinski definition) is 0. The Morgan fingerprint density at radius 3 is 2.42 bits per heavy atom. The number of likely N-dealkylation sites (tertiary alicyclic amines) is 1. The van der Waals surface area contributed by atoms with Crippen molar-refractivity contribution in [2.45, 2.75) is 103 Å². The lowest BCUT2D eigenvalue weighted by Crippen LogP contribution is -2.41. The summed E-state index contributed by atoms with van der Waals surface area (Å²) in [4.78, 5) is 28.5. The average Bonchev–Trinajstić information content (AvgIpc) is 3.22. The van der Waals surface area contributed by atoms with Crippen LogP contribution in [0.4, 0.5) is 4.79 Å². The van der Waals surface area contributed by atoms with Gasteiger partial charge < -0.3 is 9.64 Å². The van der Waals surface area contributed by atoms with Gasteiger partial charge in [-0.15, -0.1) is 11.3 Å². The second-order valence-corrected chi connectivity index (χ2v) is 11.5. The van der Waals surface area contributed by atoms with E-state index in [0.29, 0.717) is 17.6 Å². The first-order chi connectivity index (χ1) is 14.8. The van der Waals surface area contributed by atoms with Crippen LogP contribution in [0.1, 0.15) is 113 Å². The van der Waals surface area contributed by atoms with Gasteiger partial charge in [0.2, 0.25) is 0 Å². The number of carbonyl (C=O) groups excluding carboxylic acids is 2. The zero-order chi connectivity index (χ0) is 22.4. The summed E-state index contributed by atoms with van der Waals surface area (Å²) < 4.78 is 5.50. The Labute approximate surface area is 192 Å². The largest absolute Gasteiger partial charge is 0.444 e. The van der Waals surface area contributed by atoms with Crippen molar-refractivity contribution in [3.05, 3.63) is 21.9 Å². The van der Waals surface area contributed by atoms with Crippen LogP contribution < -0.4 is 0 Å². The van der Waals surface area contributed by atoms with Crippen LogP contribution in [0.15, 0.2) is 11.4 Å². The number of carbonyl (C=O) groups is 2. The van der Waals surface area contributed by atoms with Crippen LogP contribution in [0.3, 0.4) is 0 Å². The predicted molar refractivity (Wildman–Crippen MR) is 128 cm³/mol. The van der Waals surface area contributed by atoms with E-state index in [9.17, 15) is 9.59 Å². The number of rotatable bonds is 7. The van der Waals surface area contributed by atoms with Gasteiger partial charge in [0.1, 0.15) is 5.60 Å². The van der Waals surface area contributed by atoms with E-state index in [-0.39, 0.29) is 6.09 Å². The maximum Gasteiger partial charge on any atom is 0.410 e. The second kappa shape index (κ2) is 11.0. The number of ketones is 1. The van der Waals surface area contributed by atoms with Gasteiger partial charge in [-0.2, -0.15) is 0 Å². The lowest BCUT2D eigenvalue weighted by atomic mass is 9.74. The smallest absolute Gasteiger partial charge is 0.410 e. The summed E-state index contributed by atoms with van der Waals surface area (Å²) in [6, 6.07) is 2.14. The number of piperidine rings is 1. The third-order valence-corrected chi connectivity index (χ3v) is 8.03. The summed E-state index contributed by atoms with van der Waals surface area (Å²) in [6.45, 7) is 9.42. The minimum absolute atomic E-state index is 0.210. The minimum atomic E-state index is -0.454. The van der Waals surface area contributed by atoms with E-state index in [1.165, 1.54) is 49.8 Å². The molecular formula is C26H41NO3S. The van der Waals surface area contributed by atoms with E-state index in [4.69, 9.17) is 4.74 Å². The molecule has 31 heavy (non-hydrogen) atoms. The number of nitrogens with zero attached hydrogens (tertiary/aromatic N) is 1. The van der Waals surface area contributed by atoms with Gasteiger partial charge in [0, 0.05) is 35.3 Å². The molecule has 1 saturated carbocycles. The first-order valence-corrected chi connectivity index (χ1v) is 13.2. The molecule has 2 fully saturated rings. The molecule has 1 aromatic heterocycles. The summed E-state index contributed by atoms with van der Waals surface area (Å²) in [5, 5.41) is 2.07. The fourth-order valence-electron chi connectivity index (χ4n) is 5.14. The van der Waals surface area contributed by atoms with Crippen LogP contribution in [-0.2, 0) is 4.74 Å². The van der Waals surface area contributed by atoms with E-state index in [0.717, 1.165) is 43.8 Å². The molecule has 5 heteroatoms. The molecule has 0 spiro atoms. The normalized spacial score (nSPS) is 23.0. The van der Waals surface area contributed by atoms with E-state index >= 15 is 0 Å². The summed E-state index contributed by atoms with van der Waals surface area (Å²) in [5.41, 5.74) is 0.458. The molecule has 2 unspecified atom stereocenters. The molecule has 1 saturated heterocycles. The molecule has 0 N–H and O–H groups in total. The molecule has 3 rings (SSSR count). The number of ether oxygens (including phenoxy) is 1. The van der Waals surface area contributed by atoms with Crippen molar-refractivity contribution in [2.24, 2.45) is 11.8 Å². The van der Waals surface area contributed by atoms with Crippen LogP contribution in [0.25, 0.3) is 0 Å². The molecule has 0 radical (unpaired) electrons. The van der Waals surface area contributed by atoms with Crippen molar-refractivity contribution < 1.29 is 14.3 Å². The summed E-state index contributed by atoms with van der Waals surface area (Å²) in [7, 11) is 0. The highest BCUT2D eigenvalue weighted by Gasteiger charge is 2.30. The monoisotopic (exact) mass is 447 g/mol. The number of unbranched alkanes of at least 4 members (excludes halogenated alkanes) is 1. The van der Waals surface area contributed by atoms with E-state index in [1.807, 2.05) is 25.7 Å². The van der Waals surface area contributed by atoms with E-state index < -0.39 is 5.60 Å². The predicted octanol–water partition coefficient (Wildman–Crippen LogP) is 7.43. The minimum Gasteiger partial charge on any atom is -0.444 e. The lowest BCUT2D eigenvalue weighted by Gasteiger charge is -2.33. The second-order valence-electron chi connectivity index (χ2n) is 10.6. The lowest BCUT2D eigenvalue weighted by molar-refractivity contribution is 0.0205. The van der Waals surface area contributed by atoms with Crippen molar-refractivity contribution in [2.75, 3.05) is 13.1 Å².